The third-order valence-corrected chi connectivity index (χ3v) is 5.83. The van der Waals surface area contributed by atoms with Crippen LogP contribution in [0.2, 0.25) is 0 Å². The van der Waals surface area contributed by atoms with Gasteiger partial charge < -0.3 is 36.8 Å². The highest BCUT2D eigenvalue weighted by atomic mass is 16.4. The van der Waals surface area contributed by atoms with E-state index in [0.717, 1.165) is 16.5 Å². The van der Waals surface area contributed by atoms with Gasteiger partial charge in [0.25, 0.3) is 0 Å². The molecule has 2 heterocycles. The number of carbonyl (C=O) groups is 4. The first-order chi connectivity index (χ1) is 17.6. The quantitative estimate of drug-likeness (QED) is 0.170. The molecule has 198 valence electrons. The third-order valence-electron chi connectivity index (χ3n) is 5.83. The maximum atomic E-state index is 12.9. The largest absolute Gasteiger partial charge is 0.480 e. The van der Waals surface area contributed by atoms with Crippen molar-refractivity contribution in [2.45, 2.75) is 51.2 Å². The molecule has 0 bridgehead atoms. The van der Waals surface area contributed by atoms with Crippen LogP contribution in [0.4, 0.5) is 0 Å². The molecule has 0 fully saturated rings. The molecule has 0 aliphatic heterocycles. The van der Waals surface area contributed by atoms with E-state index < -0.39 is 48.4 Å². The molecule has 3 amide bonds. The number of carbonyl (C=O) groups excluding carboxylic acids is 3. The molecule has 12 heteroatoms. The average molecular weight is 512 g/mol. The normalized spacial score (nSPS) is 13.6. The van der Waals surface area contributed by atoms with E-state index in [1.807, 2.05) is 38.1 Å². The smallest absolute Gasteiger partial charge is 0.326 e. The number of hydrogen-bond donors (Lipinski definition) is 7. The number of carboxylic acid groups (broad SMARTS) is 1. The van der Waals surface area contributed by atoms with Gasteiger partial charge in [-0.2, -0.15) is 0 Å². The molecule has 3 unspecified atom stereocenters. The van der Waals surface area contributed by atoms with Crippen molar-refractivity contribution in [3.63, 3.8) is 0 Å². The van der Waals surface area contributed by atoms with Gasteiger partial charge in [0.15, 0.2) is 0 Å². The van der Waals surface area contributed by atoms with Gasteiger partial charge >= 0.3 is 5.97 Å². The number of para-hydroxylation sites is 1. The van der Waals surface area contributed by atoms with E-state index in [2.05, 4.69) is 30.9 Å². The van der Waals surface area contributed by atoms with E-state index in [9.17, 15) is 24.3 Å². The fourth-order valence-electron chi connectivity index (χ4n) is 3.98. The monoisotopic (exact) mass is 511 g/mol. The molecule has 2 aromatic heterocycles. The van der Waals surface area contributed by atoms with Crippen LogP contribution in [-0.2, 0) is 32.0 Å². The van der Waals surface area contributed by atoms with Crippen molar-refractivity contribution in [3.05, 3.63) is 54.2 Å². The van der Waals surface area contributed by atoms with Crippen molar-refractivity contribution in [1.82, 2.24) is 30.9 Å². The Balaban J connectivity index is 1.60. The second kappa shape index (κ2) is 12.7. The Bertz CT molecular complexity index is 1220. The lowest BCUT2D eigenvalue weighted by Gasteiger charge is -2.21. The van der Waals surface area contributed by atoms with Gasteiger partial charge in [-0.15, -0.1) is 0 Å². The fraction of sp³-hybridized carbons (Fsp3) is 0.400. The third kappa shape index (κ3) is 7.90. The molecule has 0 saturated carbocycles. The Hall–Kier alpha value is -4.19. The van der Waals surface area contributed by atoms with Gasteiger partial charge in [-0.25, -0.2) is 9.78 Å². The summed E-state index contributed by atoms with van der Waals surface area (Å²) in [5.41, 5.74) is 8.16. The van der Waals surface area contributed by atoms with Crippen LogP contribution in [0.1, 0.15) is 31.5 Å². The van der Waals surface area contributed by atoms with E-state index in [1.54, 1.807) is 6.20 Å². The number of rotatable bonds is 13. The number of aromatic nitrogens is 3. The summed E-state index contributed by atoms with van der Waals surface area (Å²) in [5.74, 6) is -2.78. The zero-order valence-corrected chi connectivity index (χ0v) is 20.8. The maximum Gasteiger partial charge on any atom is 0.326 e. The first kappa shape index (κ1) is 27.4. The van der Waals surface area contributed by atoms with Crippen molar-refractivity contribution in [2.24, 2.45) is 11.7 Å². The van der Waals surface area contributed by atoms with Crippen molar-refractivity contribution in [3.8, 4) is 0 Å². The lowest BCUT2D eigenvalue weighted by Crippen LogP contribution is -2.54. The molecule has 12 nitrogen and oxygen atoms in total. The Kier molecular flexibility index (Phi) is 9.39. The minimum absolute atomic E-state index is 0.0608. The highest BCUT2D eigenvalue weighted by Gasteiger charge is 2.26. The van der Waals surface area contributed by atoms with Crippen LogP contribution in [0.15, 0.2) is 43.0 Å². The van der Waals surface area contributed by atoms with Crippen LogP contribution < -0.4 is 21.7 Å². The number of aromatic amines is 2. The van der Waals surface area contributed by atoms with Crippen LogP contribution in [0, 0.1) is 5.92 Å². The second-order valence-corrected chi connectivity index (χ2v) is 9.32. The molecule has 0 aliphatic carbocycles. The fourth-order valence-corrected chi connectivity index (χ4v) is 3.98. The predicted molar refractivity (Wildman–Crippen MR) is 136 cm³/mol. The minimum Gasteiger partial charge on any atom is -0.480 e. The molecular weight excluding hydrogens is 478 g/mol. The summed E-state index contributed by atoms with van der Waals surface area (Å²) in [6, 6.07) is 4.44. The number of benzene rings is 1. The minimum atomic E-state index is -1.20. The Morgan fingerprint density at radius 2 is 1.78 bits per heavy atom. The molecule has 0 radical (unpaired) electrons. The van der Waals surface area contributed by atoms with Crippen LogP contribution in [0.25, 0.3) is 10.9 Å². The lowest BCUT2D eigenvalue weighted by atomic mass is 10.0. The molecule has 3 rings (SSSR count). The Morgan fingerprint density at radius 3 is 2.46 bits per heavy atom. The van der Waals surface area contributed by atoms with Crippen molar-refractivity contribution < 1.29 is 24.3 Å². The summed E-state index contributed by atoms with van der Waals surface area (Å²) in [5, 5.41) is 18.1. The number of hydrogen-bond acceptors (Lipinski definition) is 6. The first-order valence-electron chi connectivity index (χ1n) is 12.0. The average Bonchev–Trinajstić information content (AvgIpc) is 3.51. The second-order valence-electron chi connectivity index (χ2n) is 9.32. The number of fused-ring (bicyclic) bond motifs is 1. The van der Waals surface area contributed by atoms with E-state index in [0.29, 0.717) is 12.1 Å². The van der Waals surface area contributed by atoms with Gasteiger partial charge in [-0.1, -0.05) is 32.0 Å². The number of nitrogens with one attached hydrogen (secondary N) is 5. The highest BCUT2D eigenvalue weighted by molar-refractivity contribution is 5.93. The number of amides is 3. The number of H-pyrrole nitrogens is 2. The number of imidazole rings is 1. The number of aliphatic carboxylic acids is 1. The predicted octanol–water partition coefficient (Wildman–Crippen LogP) is 0.220. The zero-order valence-electron chi connectivity index (χ0n) is 20.8. The number of nitrogens with two attached hydrogens (primary N) is 1. The van der Waals surface area contributed by atoms with Gasteiger partial charge in [-0.05, 0) is 24.0 Å². The van der Waals surface area contributed by atoms with Crippen molar-refractivity contribution in [1.29, 1.82) is 0 Å². The SMILES string of the molecule is CC(C)CC(N)C(=O)NC(Cc1cnc[nH]1)C(=O)NCC(=O)NC(Cc1c[nH]c2ccccc12)C(=O)O. The summed E-state index contributed by atoms with van der Waals surface area (Å²) in [6.45, 7) is 3.40. The molecule has 0 saturated heterocycles. The molecule has 3 atom stereocenters. The van der Waals surface area contributed by atoms with E-state index in [-0.39, 0.29) is 18.8 Å². The van der Waals surface area contributed by atoms with Crippen LogP contribution >= 0.6 is 0 Å². The Morgan fingerprint density at radius 1 is 1.03 bits per heavy atom. The van der Waals surface area contributed by atoms with E-state index in [4.69, 9.17) is 5.73 Å². The highest BCUT2D eigenvalue weighted by Crippen LogP contribution is 2.19. The number of carboxylic acids is 1. The molecule has 0 aliphatic rings. The summed E-state index contributed by atoms with van der Waals surface area (Å²) in [7, 11) is 0. The topological polar surface area (TPSA) is 195 Å². The zero-order chi connectivity index (χ0) is 26.9. The van der Waals surface area contributed by atoms with Crippen LogP contribution in [0.5, 0.6) is 0 Å². The molecule has 3 aromatic rings. The number of nitrogens with zero attached hydrogens (tertiary/aromatic N) is 1. The summed E-state index contributed by atoms with van der Waals surface area (Å²) < 4.78 is 0. The van der Waals surface area contributed by atoms with Crippen molar-refractivity contribution >= 4 is 34.6 Å². The summed E-state index contributed by atoms with van der Waals surface area (Å²) in [4.78, 5) is 59.6. The summed E-state index contributed by atoms with van der Waals surface area (Å²) >= 11 is 0. The van der Waals surface area contributed by atoms with Crippen LogP contribution in [0.3, 0.4) is 0 Å². The van der Waals surface area contributed by atoms with Gasteiger partial charge in [0.2, 0.25) is 17.7 Å². The van der Waals surface area contributed by atoms with Gasteiger partial charge in [0, 0.05) is 41.8 Å². The van der Waals surface area contributed by atoms with Gasteiger partial charge in [0.05, 0.1) is 18.9 Å². The Labute approximate surface area is 213 Å². The van der Waals surface area contributed by atoms with Gasteiger partial charge in [-0.3, -0.25) is 14.4 Å². The van der Waals surface area contributed by atoms with Crippen LogP contribution in [-0.4, -0.2) is 68.4 Å². The van der Waals surface area contributed by atoms with Gasteiger partial charge in [0.1, 0.15) is 12.1 Å². The molecular formula is C25H33N7O5. The molecule has 1 aromatic carbocycles. The molecule has 0 spiro atoms. The molecule has 8 N–H and O–H groups in total. The lowest BCUT2D eigenvalue weighted by molar-refractivity contribution is -0.141. The van der Waals surface area contributed by atoms with Crippen molar-refractivity contribution in [2.75, 3.05) is 6.54 Å². The standard InChI is InChI=1S/C25H33N7O5/c1-14(2)7-18(26)23(34)32-20(9-16-11-27-13-30-16)24(35)29-12-22(33)31-21(25(36)37)8-15-10-28-19-6-4-3-5-17(15)19/h3-6,10-11,13-14,18,20-21,28H,7-9,12,26H2,1-2H3,(H,27,30)(H,29,35)(H,31,33)(H,32,34)(H,36,37). The summed E-state index contributed by atoms with van der Waals surface area (Å²) in [6.07, 6.45) is 5.29. The first-order valence-corrected chi connectivity index (χ1v) is 12.0. The van der Waals surface area contributed by atoms with E-state index in [1.165, 1.54) is 12.5 Å². The van der Waals surface area contributed by atoms with E-state index >= 15 is 0 Å². The molecule has 37 heavy (non-hydrogen) atoms. The maximum absolute atomic E-state index is 12.9.